The summed E-state index contributed by atoms with van der Waals surface area (Å²) in [4.78, 5) is 0. The third-order valence-electron chi connectivity index (χ3n) is 3.30. The number of furan rings is 1. The normalized spacial score (nSPS) is 12.8. The zero-order chi connectivity index (χ0) is 14.4. The van der Waals surface area contributed by atoms with Crippen LogP contribution in [-0.4, -0.2) is 12.6 Å². The summed E-state index contributed by atoms with van der Waals surface area (Å²) in [5.41, 5.74) is 1.03. The highest BCUT2D eigenvalue weighted by atomic mass is 19.1. The van der Waals surface area contributed by atoms with Crippen molar-refractivity contribution in [3.05, 3.63) is 59.8 Å². The number of hydrogen-bond donors (Lipinski definition) is 1. The molecular weight excluding hydrogens is 253 g/mol. The van der Waals surface area contributed by atoms with Crippen molar-refractivity contribution in [2.45, 2.75) is 32.7 Å². The Labute approximate surface area is 120 Å². The molecule has 0 saturated carbocycles. The van der Waals surface area contributed by atoms with Crippen LogP contribution in [0.4, 0.5) is 4.39 Å². The van der Waals surface area contributed by atoms with Crippen LogP contribution in [0, 0.1) is 11.7 Å². The molecule has 0 amide bonds. The summed E-state index contributed by atoms with van der Waals surface area (Å²) in [6, 6.07) is 11.2. The topological polar surface area (TPSA) is 25.2 Å². The van der Waals surface area contributed by atoms with Gasteiger partial charge in [0.25, 0.3) is 0 Å². The van der Waals surface area contributed by atoms with Gasteiger partial charge < -0.3 is 9.73 Å². The van der Waals surface area contributed by atoms with Crippen LogP contribution >= 0.6 is 0 Å². The van der Waals surface area contributed by atoms with Gasteiger partial charge in [-0.2, -0.15) is 0 Å². The SMILES string of the molecule is CC(C)NCC(Cc1cccc(F)c1)Cc1ccco1. The Morgan fingerprint density at radius 3 is 2.65 bits per heavy atom. The quantitative estimate of drug-likeness (QED) is 0.831. The highest BCUT2D eigenvalue weighted by Gasteiger charge is 2.13. The van der Waals surface area contributed by atoms with E-state index in [9.17, 15) is 4.39 Å². The molecule has 0 spiro atoms. The second-order valence-electron chi connectivity index (χ2n) is 5.55. The first-order valence-electron chi connectivity index (χ1n) is 7.13. The maximum absolute atomic E-state index is 13.3. The molecule has 1 heterocycles. The van der Waals surface area contributed by atoms with E-state index in [2.05, 4.69) is 19.2 Å². The second-order valence-corrected chi connectivity index (χ2v) is 5.55. The Kier molecular flexibility index (Phi) is 5.36. The van der Waals surface area contributed by atoms with Gasteiger partial charge in [-0.15, -0.1) is 0 Å². The van der Waals surface area contributed by atoms with Gasteiger partial charge in [0, 0.05) is 12.5 Å². The molecule has 1 atom stereocenters. The van der Waals surface area contributed by atoms with E-state index in [1.54, 1.807) is 18.4 Å². The minimum atomic E-state index is -0.170. The summed E-state index contributed by atoms with van der Waals surface area (Å²) in [6.07, 6.45) is 3.41. The Balaban J connectivity index is 2.01. The molecule has 0 aliphatic carbocycles. The van der Waals surface area contributed by atoms with Crippen LogP contribution in [0.5, 0.6) is 0 Å². The molecule has 0 aliphatic heterocycles. The summed E-state index contributed by atoms with van der Waals surface area (Å²) in [5, 5.41) is 3.46. The van der Waals surface area contributed by atoms with Crippen LogP contribution in [0.25, 0.3) is 0 Å². The van der Waals surface area contributed by atoms with Crippen molar-refractivity contribution in [3.8, 4) is 0 Å². The van der Waals surface area contributed by atoms with Gasteiger partial charge in [0.1, 0.15) is 11.6 Å². The van der Waals surface area contributed by atoms with Crippen LogP contribution in [0.1, 0.15) is 25.2 Å². The number of hydrogen-bond acceptors (Lipinski definition) is 2. The fourth-order valence-corrected chi connectivity index (χ4v) is 2.33. The molecule has 108 valence electrons. The molecular formula is C17H22FNO. The molecule has 0 fully saturated rings. The van der Waals surface area contributed by atoms with E-state index in [-0.39, 0.29) is 5.82 Å². The molecule has 1 unspecified atom stereocenters. The number of nitrogens with one attached hydrogen (secondary N) is 1. The van der Waals surface area contributed by atoms with Gasteiger partial charge >= 0.3 is 0 Å². The maximum atomic E-state index is 13.3. The molecule has 2 aromatic rings. The zero-order valence-corrected chi connectivity index (χ0v) is 12.1. The van der Waals surface area contributed by atoms with Gasteiger partial charge in [-0.1, -0.05) is 26.0 Å². The Morgan fingerprint density at radius 2 is 2.00 bits per heavy atom. The van der Waals surface area contributed by atoms with Crippen molar-refractivity contribution in [3.63, 3.8) is 0 Å². The summed E-state index contributed by atoms with van der Waals surface area (Å²) in [7, 11) is 0. The highest BCUT2D eigenvalue weighted by molar-refractivity contribution is 5.17. The summed E-state index contributed by atoms with van der Waals surface area (Å²) in [6.45, 7) is 5.16. The molecule has 1 N–H and O–H groups in total. The van der Waals surface area contributed by atoms with E-state index in [0.717, 1.165) is 30.7 Å². The molecule has 1 aromatic heterocycles. The molecule has 0 bridgehead atoms. The lowest BCUT2D eigenvalue weighted by atomic mass is 9.94. The molecule has 1 aromatic carbocycles. The Bertz CT molecular complexity index is 507. The van der Waals surface area contributed by atoms with Crippen molar-refractivity contribution >= 4 is 0 Å². The largest absolute Gasteiger partial charge is 0.469 e. The average molecular weight is 275 g/mol. The lowest BCUT2D eigenvalue weighted by molar-refractivity contribution is 0.402. The molecule has 2 nitrogen and oxygen atoms in total. The van der Waals surface area contributed by atoms with Crippen LogP contribution in [-0.2, 0) is 12.8 Å². The van der Waals surface area contributed by atoms with E-state index in [4.69, 9.17) is 4.42 Å². The molecule has 2 rings (SSSR count). The highest BCUT2D eigenvalue weighted by Crippen LogP contribution is 2.16. The molecule has 0 aliphatic rings. The van der Waals surface area contributed by atoms with E-state index in [0.29, 0.717) is 12.0 Å². The summed E-state index contributed by atoms with van der Waals surface area (Å²) < 4.78 is 18.7. The Morgan fingerprint density at radius 1 is 1.15 bits per heavy atom. The monoisotopic (exact) mass is 275 g/mol. The molecule has 0 radical (unpaired) electrons. The van der Waals surface area contributed by atoms with E-state index >= 15 is 0 Å². The van der Waals surface area contributed by atoms with Gasteiger partial charge in [-0.05, 0) is 48.7 Å². The van der Waals surface area contributed by atoms with E-state index in [1.807, 2.05) is 18.2 Å². The van der Waals surface area contributed by atoms with Crippen LogP contribution in [0.3, 0.4) is 0 Å². The van der Waals surface area contributed by atoms with Crippen molar-refractivity contribution < 1.29 is 8.81 Å². The van der Waals surface area contributed by atoms with Crippen LogP contribution < -0.4 is 5.32 Å². The first-order valence-corrected chi connectivity index (χ1v) is 7.13. The summed E-state index contributed by atoms with van der Waals surface area (Å²) >= 11 is 0. The molecule has 20 heavy (non-hydrogen) atoms. The van der Waals surface area contributed by atoms with Crippen LogP contribution in [0.2, 0.25) is 0 Å². The average Bonchev–Trinajstić information content (AvgIpc) is 2.89. The number of rotatable bonds is 7. The van der Waals surface area contributed by atoms with Gasteiger partial charge in [0.05, 0.1) is 6.26 Å². The standard InChI is InChI=1S/C17H22FNO/c1-13(2)19-12-15(11-17-7-4-8-20-17)9-14-5-3-6-16(18)10-14/h3-8,10,13,15,19H,9,11-12H2,1-2H3. The fourth-order valence-electron chi connectivity index (χ4n) is 2.33. The predicted molar refractivity (Wildman–Crippen MR) is 79.1 cm³/mol. The first-order chi connectivity index (χ1) is 9.63. The fraction of sp³-hybridized carbons (Fsp3) is 0.412. The third kappa shape index (κ3) is 4.82. The molecule has 0 saturated heterocycles. The molecule has 3 heteroatoms. The zero-order valence-electron chi connectivity index (χ0n) is 12.1. The third-order valence-corrected chi connectivity index (χ3v) is 3.30. The second kappa shape index (κ2) is 7.25. The Hall–Kier alpha value is -1.61. The van der Waals surface area contributed by atoms with Gasteiger partial charge in [0.15, 0.2) is 0 Å². The van der Waals surface area contributed by atoms with Crippen molar-refractivity contribution in [2.24, 2.45) is 5.92 Å². The van der Waals surface area contributed by atoms with E-state index < -0.39 is 0 Å². The first kappa shape index (κ1) is 14.8. The maximum Gasteiger partial charge on any atom is 0.123 e. The lowest BCUT2D eigenvalue weighted by Gasteiger charge is -2.18. The van der Waals surface area contributed by atoms with Crippen molar-refractivity contribution in [1.82, 2.24) is 5.32 Å². The smallest absolute Gasteiger partial charge is 0.123 e. The minimum absolute atomic E-state index is 0.170. The number of benzene rings is 1. The predicted octanol–water partition coefficient (Wildman–Crippen LogP) is 3.82. The summed E-state index contributed by atoms with van der Waals surface area (Å²) in [5.74, 6) is 1.21. The van der Waals surface area contributed by atoms with Gasteiger partial charge in [0.2, 0.25) is 0 Å². The van der Waals surface area contributed by atoms with E-state index in [1.165, 1.54) is 6.07 Å². The van der Waals surface area contributed by atoms with Gasteiger partial charge in [-0.3, -0.25) is 0 Å². The van der Waals surface area contributed by atoms with Crippen LogP contribution in [0.15, 0.2) is 47.1 Å². The van der Waals surface area contributed by atoms with Gasteiger partial charge in [-0.25, -0.2) is 4.39 Å². The minimum Gasteiger partial charge on any atom is -0.469 e. The van der Waals surface area contributed by atoms with Crippen molar-refractivity contribution in [1.29, 1.82) is 0 Å². The number of halogens is 1. The lowest BCUT2D eigenvalue weighted by Crippen LogP contribution is -2.31. The van der Waals surface area contributed by atoms with Crippen molar-refractivity contribution in [2.75, 3.05) is 6.54 Å².